The molecule has 19 heavy (non-hydrogen) atoms. The number of rotatable bonds is 3. The fourth-order valence-corrected chi connectivity index (χ4v) is 2.51. The largest absolute Gasteiger partial charge is 0.504 e. The number of amides is 1. The number of pyridine rings is 1. The topological polar surface area (TPSA) is 74.2 Å². The van der Waals surface area contributed by atoms with Crippen molar-refractivity contribution in [2.45, 2.75) is 33.1 Å². The summed E-state index contributed by atoms with van der Waals surface area (Å²) in [5.74, 6) is 0.202. The lowest BCUT2D eigenvalue weighted by atomic mass is 9.77. The lowest BCUT2D eigenvalue weighted by molar-refractivity contribution is -0.126. The van der Waals surface area contributed by atoms with E-state index >= 15 is 0 Å². The molecular formula is C14H21N3O2. The quantitative estimate of drug-likeness (QED) is 0.777. The van der Waals surface area contributed by atoms with Crippen LogP contribution in [0.4, 0.5) is 5.82 Å². The molecule has 1 aromatic heterocycles. The number of hydrogen-bond donors (Lipinski definition) is 3. The Hall–Kier alpha value is -1.62. The van der Waals surface area contributed by atoms with Gasteiger partial charge >= 0.3 is 0 Å². The third kappa shape index (κ3) is 2.87. The molecule has 1 amide bonds. The number of hydrogen-bond acceptors (Lipinski definition) is 4. The van der Waals surface area contributed by atoms with Gasteiger partial charge in [0, 0.05) is 12.2 Å². The van der Waals surface area contributed by atoms with Crippen LogP contribution in [0, 0.1) is 12.3 Å². The molecule has 0 spiro atoms. The highest BCUT2D eigenvalue weighted by Gasteiger charge is 2.38. The summed E-state index contributed by atoms with van der Waals surface area (Å²) >= 11 is 0. The van der Waals surface area contributed by atoms with Gasteiger partial charge in [-0.3, -0.25) is 4.79 Å². The SMILES string of the molecule is CCC1(C(=O)Nc2nc(C)ccc2O)CCCNC1. The van der Waals surface area contributed by atoms with Gasteiger partial charge in [0.15, 0.2) is 11.6 Å². The first-order valence-electron chi connectivity index (χ1n) is 6.76. The first-order chi connectivity index (χ1) is 9.07. The summed E-state index contributed by atoms with van der Waals surface area (Å²) in [6.45, 7) is 5.49. The third-order valence-electron chi connectivity index (χ3n) is 3.88. The Balaban J connectivity index is 2.17. The molecule has 0 aromatic carbocycles. The van der Waals surface area contributed by atoms with Crippen LogP contribution in [-0.4, -0.2) is 29.1 Å². The predicted molar refractivity (Wildman–Crippen MR) is 74.1 cm³/mol. The summed E-state index contributed by atoms with van der Waals surface area (Å²) < 4.78 is 0. The van der Waals surface area contributed by atoms with Crippen molar-refractivity contribution >= 4 is 11.7 Å². The fourth-order valence-electron chi connectivity index (χ4n) is 2.51. The summed E-state index contributed by atoms with van der Waals surface area (Å²) in [7, 11) is 0. The molecule has 5 nitrogen and oxygen atoms in total. The van der Waals surface area contributed by atoms with Gasteiger partial charge in [-0.1, -0.05) is 6.92 Å². The van der Waals surface area contributed by atoms with Crippen molar-refractivity contribution in [3.63, 3.8) is 0 Å². The molecule has 0 radical (unpaired) electrons. The second kappa shape index (κ2) is 5.57. The Morgan fingerprint density at radius 1 is 1.58 bits per heavy atom. The maximum atomic E-state index is 12.5. The summed E-state index contributed by atoms with van der Waals surface area (Å²) in [5, 5.41) is 15.8. The van der Waals surface area contributed by atoms with Crippen molar-refractivity contribution in [2.24, 2.45) is 5.41 Å². The van der Waals surface area contributed by atoms with E-state index in [1.54, 1.807) is 12.1 Å². The highest BCUT2D eigenvalue weighted by Crippen LogP contribution is 2.32. The number of piperidine rings is 1. The minimum absolute atomic E-state index is 0.00831. The highest BCUT2D eigenvalue weighted by atomic mass is 16.3. The molecule has 2 rings (SSSR count). The molecule has 1 atom stereocenters. The van der Waals surface area contributed by atoms with E-state index in [4.69, 9.17) is 0 Å². The summed E-state index contributed by atoms with van der Waals surface area (Å²) in [5.41, 5.74) is 0.372. The summed E-state index contributed by atoms with van der Waals surface area (Å²) in [6.07, 6.45) is 2.64. The molecule has 1 aliphatic heterocycles. The molecule has 1 aliphatic rings. The van der Waals surface area contributed by atoms with Gasteiger partial charge in [0.2, 0.25) is 5.91 Å². The van der Waals surface area contributed by atoms with Gasteiger partial charge < -0.3 is 15.7 Å². The van der Waals surface area contributed by atoms with Crippen LogP contribution >= 0.6 is 0 Å². The number of aromatic nitrogens is 1. The fraction of sp³-hybridized carbons (Fsp3) is 0.571. The van der Waals surface area contributed by atoms with Crippen LogP contribution in [0.2, 0.25) is 0 Å². The van der Waals surface area contributed by atoms with Crippen molar-refractivity contribution < 1.29 is 9.90 Å². The maximum absolute atomic E-state index is 12.5. The van der Waals surface area contributed by atoms with Crippen molar-refractivity contribution in [3.8, 4) is 5.75 Å². The van der Waals surface area contributed by atoms with Crippen LogP contribution in [0.25, 0.3) is 0 Å². The van der Waals surface area contributed by atoms with E-state index in [9.17, 15) is 9.90 Å². The molecule has 0 aliphatic carbocycles. The molecule has 1 saturated heterocycles. The van der Waals surface area contributed by atoms with Crippen molar-refractivity contribution in [3.05, 3.63) is 17.8 Å². The van der Waals surface area contributed by atoms with E-state index in [0.717, 1.165) is 31.5 Å². The molecule has 3 N–H and O–H groups in total. The molecule has 1 aromatic rings. The van der Waals surface area contributed by atoms with E-state index in [0.29, 0.717) is 6.54 Å². The standard InChI is InChI=1S/C14H21N3O2/c1-3-14(7-4-8-15-9-14)13(19)17-12-11(18)6-5-10(2)16-12/h5-6,15,18H,3-4,7-9H2,1-2H3,(H,16,17,19). The second-order valence-corrected chi connectivity index (χ2v) is 5.19. The van der Waals surface area contributed by atoms with Gasteiger partial charge in [-0.25, -0.2) is 4.98 Å². The number of nitrogens with zero attached hydrogens (tertiary/aromatic N) is 1. The van der Waals surface area contributed by atoms with Gasteiger partial charge in [-0.2, -0.15) is 0 Å². The number of carbonyl (C=O) groups is 1. The number of anilines is 1. The summed E-state index contributed by atoms with van der Waals surface area (Å²) in [4.78, 5) is 16.7. The minimum atomic E-state index is -0.393. The molecule has 104 valence electrons. The number of aryl methyl sites for hydroxylation is 1. The highest BCUT2D eigenvalue weighted by molar-refractivity contribution is 5.95. The van der Waals surface area contributed by atoms with Crippen LogP contribution < -0.4 is 10.6 Å². The molecular weight excluding hydrogens is 242 g/mol. The zero-order valence-electron chi connectivity index (χ0n) is 11.5. The number of carbonyl (C=O) groups excluding carboxylic acids is 1. The first kappa shape index (κ1) is 13.8. The normalized spacial score (nSPS) is 23.1. The second-order valence-electron chi connectivity index (χ2n) is 5.19. The molecule has 0 saturated carbocycles. The van der Waals surface area contributed by atoms with Gasteiger partial charge in [-0.05, 0) is 44.9 Å². The Kier molecular flexibility index (Phi) is 4.04. The van der Waals surface area contributed by atoms with Crippen LogP contribution in [-0.2, 0) is 4.79 Å². The van der Waals surface area contributed by atoms with Gasteiger partial charge in [0.1, 0.15) is 0 Å². The van der Waals surface area contributed by atoms with E-state index in [-0.39, 0.29) is 17.5 Å². The summed E-state index contributed by atoms with van der Waals surface area (Å²) in [6, 6.07) is 3.26. The van der Waals surface area contributed by atoms with Crippen LogP contribution in [0.3, 0.4) is 0 Å². The van der Waals surface area contributed by atoms with E-state index < -0.39 is 5.41 Å². The van der Waals surface area contributed by atoms with Crippen molar-refractivity contribution in [1.82, 2.24) is 10.3 Å². The monoisotopic (exact) mass is 263 g/mol. The average molecular weight is 263 g/mol. The van der Waals surface area contributed by atoms with Crippen LogP contribution in [0.15, 0.2) is 12.1 Å². The van der Waals surface area contributed by atoms with Crippen LogP contribution in [0.5, 0.6) is 5.75 Å². The lowest BCUT2D eigenvalue weighted by Gasteiger charge is -2.35. The van der Waals surface area contributed by atoms with Crippen molar-refractivity contribution in [1.29, 1.82) is 0 Å². The Labute approximate surface area is 113 Å². The van der Waals surface area contributed by atoms with Crippen LogP contribution in [0.1, 0.15) is 31.9 Å². The third-order valence-corrected chi connectivity index (χ3v) is 3.88. The molecule has 0 bridgehead atoms. The Morgan fingerprint density at radius 2 is 2.37 bits per heavy atom. The Morgan fingerprint density at radius 3 is 3.00 bits per heavy atom. The maximum Gasteiger partial charge on any atom is 0.233 e. The molecule has 5 heteroatoms. The average Bonchev–Trinajstić information content (AvgIpc) is 2.43. The zero-order valence-corrected chi connectivity index (χ0v) is 11.5. The van der Waals surface area contributed by atoms with E-state index in [1.807, 2.05) is 13.8 Å². The molecule has 1 fully saturated rings. The first-order valence-corrected chi connectivity index (χ1v) is 6.76. The van der Waals surface area contributed by atoms with Gasteiger partial charge in [0.25, 0.3) is 0 Å². The molecule has 1 unspecified atom stereocenters. The zero-order chi connectivity index (χ0) is 13.9. The molecule has 2 heterocycles. The van der Waals surface area contributed by atoms with Gasteiger partial charge in [-0.15, -0.1) is 0 Å². The van der Waals surface area contributed by atoms with Crippen molar-refractivity contribution in [2.75, 3.05) is 18.4 Å². The number of aromatic hydroxyl groups is 1. The van der Waals surface area contributed by atoms with E-state index in [1.165, 1.54) is 0 Å². The minimum Gasteiger partial charge on any atom is -0.504 e. The Bertz CT molecular complexity index is 468. The predicted octanol–water partition coefficient (Wildman–Crippen LogP) is 1.81. The van der Waals surface area contributed by atoms with E-state index in [2.05, 4.69) is 15.6 Å². The lowest BCUT2D eigenvalue weighted by Crippen LogP contribution is -2.47. The van der Waals surface area contributed by atoms with Gasteiger partial charge in [0.05, 0.1) is 5.41 Å². The number of nitrogens with one attached hydrogen (secondary N) is 2. The smallest absolute Gasteiger partial charge is 0.233 e.